The first-order chi connectivity index (χ1) is 13.1. The van der Waals surface area contributed by atoms with Gasteiger partial charge < -0.3 is 24.8 Å². The number of halogens is 1. The van der Waals surface area contributed by atoms with Crippen LogP contribution in [-0.4, -0.2) is 38.4 Å². The van der Waals surface area contributed by atoms with E-state index in [0.717, 1.165) is 5.56 Å². The summed E-state index contributed by atoms with van der Waals surface area (Å²) in [4.78, 5) is 21.5. The van der Waals surface area contributed by atoms with Crippen LogP contribution in [0.4, 0.5) is 14.9 Å². The van der Waals surface area contributed by atoms with Gasteiger partial charge in [0.25, 0.3) is 0 Å². The van der Waals surface area contributed by atoms with Gasteiger partial charge in [0.1, 0.15) is 12.4 Å². The van der Waals surface area contributed by atoms with Crippen molar-refractivity contribution in [2.75, 3.05) is 25.6 Å². The van der Waals surface area contributed by atoms with Crippen molar-refractivity contribution in [3.05, 3.63) is 53.8 Å². The van der Waals surface area contributed by atoms with E-state index in [1.54, 1.807) is 19.2 Å². The molecule has 1 unspecified atom stereocenters. The predicted octanol–water partition coefficient (Wildman–Crippen LogP) is 2.50. The fraction of sp³-hybridized carbons (Fsp3) is 0.263. The Morgan fingerprint density at radius 1 is 1.15 bits per heavy atom. The van der Waals surface area contributed by atoms with Gasteiger partial charge in [0.05, 0.1) is 25.8 Å². The van der Waals surface area contributed by atoms with Gasteiger partial charge in [0.2, 0.25) is 5.91 Å². The van der Waals surface area contributed by atoms with Crippen LogP contribution in [0, 0.1) is 5.82 Å². The zero-order valence-electron chi connectivity index (χ0n) is 14.7. The Bertz CT molecular complexity index is 843. The van der Waals surface area contributed by atoms with Gasteiger partial charge >= 0.3 is 6.09 Å². The highest BCUT2D eigenvalue weighted by Crippen LogP contribution is 2.26. The summed E-state index contributed by atoms with van der Waals surface area (Å²) >= 11 is 0. The number of hydrogen-bond donors (Lipinski definition) is 2. The number of alkyl carbamates (subject to hydrolysis) is 1. The van der Waals surface area contributed by atoms with Crippen molar-refractivity contribution in [3.63, 3.8) is 0 Å². The van der Waals surface area contributed by atoms with E-state index in [4.69, 9.17) is 14.2 Å². The maximum Gasteiger partial charge on any atom is 0.407 e. The summed E-state index contributed by atoms with van der Waals surface area (Å²) in [5.41, 5.74) is 1.09. The van der Waals surface area contributed by atoms with Crippen LogP contribution in [-0.2, 0) is 16.0 Å². The topological polar surface area (TPSA) is 85.9 Å². The van der Waals surface area contributed by atoms with Crippen molar-refractivity contribution in [1.82, 2.24) is 5.32 Å². The number of anilines is 1. The lowest BCUT2D eigenvalue weighted by Crippen LogP contribution is -2.22. The fourth-order valence-electron chi connectivity index (χ4n) is 2.66. The van der Waals surface area contributed by atoms with Gasteiger partial charge in [-0.1, -0.05) is 24.3 Å². The van der Waals surface area contributed by atoms with Crippen LogP contribution in [0.15, 0.2) is 42.5 Å². The molecule has 2 N–H and O–H groups in total. The van der Waals surface area contributed by atoms with E-state index in [2.05, 4.69) is 10.6 Å². The predicted molar refractivity (Wildman–Crippen MR) is 95.5 cm³/mol. The molecule has 2 aromatic carbocycles. The van der Waals surface area contributed by atoms with E-state index >= 15 is 0 Å². The molecule has 0 bridgehead atoms. The fourth-order valence-corrected chi connectivity index (χ4v) is 2.66. The second-order valence-corrected chi connectivity index (χ2v) is 5.87. The summed E-state index contributed by atoms with van der Waals surface area (Å²) in [6.07, 6.45) is -0.335. The molecule has 2 heterocycles. The van der Waals surface area contributed by atoms with Gasteiger partial charge in [0, 0.05) is 0 Å². The average molecular weight is 374 g/mol. The number of hydrogen-bond acceptors (Lipinski definition) is 5. The SMILES string of the molecule is COc1ccccc1OCC1CNC(=O)O1.O=C1Cc2cccc(F)c2N1. The number of para-hydroxylation sites is 3. The van der Waals surface area contributed by atoms with Gasteiger partial charge in [-0.2, -0.15) is 0 Å². The first kappa shape index (κ1) is 18.5. The van der Waals surface area contributed by atoms with E-state index in [1.165, 1.54) is 6.07 Å². The average Bonchev–Trinajstić information content (AvgIpc) is 3.26. The summed E-state index contributed by atoms with van der Waals surface area (Å²) in [6.45, 7) is 0.799. The van der Waals surface area contributed by atoms with Crippen LogP contribution in [0.25, 0.3) is 0 Å². The van der Waals surface area contributed by atoms with Crippen molar-refractivity contribution >= 4 is 17.7 Å². The van der Waals surface area contributed by atoms with E-state index in [-0.39, 0.29) is 17.8 Å². The summed E-state index contributed by atoms with van der Waals surface area (Å²) < 4.78 is 28.4. The number of cyclic esters (lactones) is 1. The van der Waals surface area contributed by atoms with Crippen LogP contribution >= 0.6 is 0 Å². The normalized spacial score (nSPS) is 17.0. The Kier molecular flexibility index (Phi) is 5.75. The molecule has 2 aromatic rings. The quantitative estimate of drug-likeness (QED) is 0.859. The second kappa shape index (κ2) is 8.39. The van der Waals surface area contributed by atoms with Gasteiger partial charge in [-0.05, 0) is 23.8 Å². The Morgan fingerprint density at radius 2 is 1.93 bits per heavy atom. The largest absolute Gasteiger partial charge is 0.493 e. The number of ether oxygens (including phenoxy) is 3. The highest BCUT2D eigenvalue weighted by molar-refractivity contribution is 5.99. The molecular weight excluding hydrogens is 355 g/mol. The second-order valence-electron chi connectivity index (χ2n) is 5.87. The zero-order chi connectivity index (χ0) is 19.2. The molecular formula is C19H19FN2O5. The molecule has 8 heteroatoms. The van der Waals surface area contributed by atoms with Gasteiger partial charge in [-0.25, -0.2) is 9.18 Å². The third-order valence-electron chi connectivity index (χ3n) is 3.96. The Hall–Kier alpha value is -3.29. The summed E-state index contributed by atoms with van der Waals surface area (Å²) in [5, 5.41) is 5.01. The molecule has 27 heavy (non-hydrogen) atoms. The molecule has 0 aliphatic carbocycles. The van der Waals surface area contributed by atoms with Crippen LogP contribution in [0.5, 0.6) is 11.5 Å². The Morgan fingerprint density at radius 3 is 2.59 bits per heavy atom. The third-order valence-corrected chi connectivity index (χ3v) is 3.96. The van der Waals surface area contributed by atoms with Crippen molar-refractivity contribution in [2.45, 2.75) is 12.5 Å². The molecule has 1 fully saturated rings. The van der Waals surface area contributed by atoms with E-state index in [1.807, 2.05) is 24.3 Å². The maximum atomic E-state index is 12.8. The number of nitrogens with one attached hydrogen (secondary N) is 2. The number of carbonyl (C=O) groups is 2. The highest BCUT2D eigenvalue weighted by Gasteiger charge is 2.23. The smallest absolute Gasteiger partial charge is 0.407 e. The summed E-state index contributed by atoms with van der Waals surface area (Å²) in [6, 6.07) is 12.0. The number of benzene rings is 2. The van der Waals surface area contributed by atoms with Crippen molar-refractivity contribution in [3.8, 4) is 11.5 Å². The molecule has 2 aliphatic heterocycles. The molecule has 0 spiro atoms. The number of rotatable bonds is 4. The molecule has 0 saturated carbocycles. The highest BCUT2D eigenvalue weighted by atomic mass is 19.1. The minimum atomic E-state index is -0.395. The molecule has 0 aromatic heterocycles. The Labute approximate surface area is 155 Å². The monoisotopic (exact) mass is 374 g/mol. The van der Waals surface area contributed by atoms with Gasteiger partial charge in [-0.15, -0.1) is 0 Å². The molecule has 2 aliphatic rings. The van der Waals surface area contributed by atoms with Crippen LogP contribution in [0.1, 0.15) is 5.56 Å². The molecule has 142 valence electrons. The third kappa shape index (κ3) is 4.66. The molecule has 1 atom stereocenters. The minimum Gasteiger partial charge on any atom is -0.493 e. The van der Waals surface area contributed by atoms with Gasteiger partial charge in [-0.3, -0.25) is 4.79 Å². The van der Waals surface area contributed by atoms with Crippen LogP contribution in [0.3, 0.4) is 0 Å². The van der Waals surface area contributed by atoms with E-state index in [9.17, 15) is 14.0 Å². The van der Waals surface area contributed by atoms with Gasteiger partial charge in [0.15, 0.2) is 17.6 Å². The lowest BCUT2D eigenvalue weighted by molar-refractivity contribution is -0.115. The Balaban J connectivity index is 0.000000166. The number of carbonyl (C=O) groups excluding carboxylic acids is 2. The van der Waals surface area contributed by atoms with Crippen LogP contribution < -0.4 is 20.1 Å². The molecule has 2 amide bonds. The van der Waals surface area contributed by atoms with Crippen molar-refractivity contribution in [2.24, 2.45) is 0 Å². The number of methoxy groups -OCH3 is 1. The maximum absolute atomic E-state index is 12.8. The lowest BCUT2D eigenvalue weighted by Gasteiger charge is -2.12. The summed E-state index contributed by atoms with van der Waals surface area (Å²) in [5.74, 6) is 0.825. The number of amides is 2. The first-order valence-electron chi connectivity index (χ1n) is 8.34. The summed E-state index contributed by atoms with van der Waals surface area (Å²) in [7, 11) is 1.58. The van der Waals surface area contributed by atoms with Crippen molar-refractivity contribution in [1.29, 1.82) is 0 Å². The number of fused-ring (bicyclic) bond motifs is 1. The molecule has 4 rings (SSSR count). The lowest BCUT2D eigenvalue weighted by atomic mass is 10.2. The molecule has 1 saturated heterocycles. The van der Waals surface area contributed by atoms with E-state index in [0.29, 0.717) is 36.8 Å². The zero-order valence-corrected chi connectivity index (χ0v) is 14.7. The van der Waals surface area contributed by atoms with Crippen molar-refractivity contribution < 1.29 is 28.2 Å². The first-order valence-corrected chi connectivity index (χ1v) is 8.34. The standard InChI is InChI=1S/C11H13NO4.C8H6FNO/c1-14-9-4-2-3-5-10(9)15-7-8-6-12-11(13)16-8;9-6-3-1-2-5-4-7(11)10-8(5)6/h2-5,8H,6-7H2,1H3,(H,12,13);1-3H,4H2,(H,10,11). The van der Waals surface area contributed by atoms with E-state index < -0.39 is 6.09 Å². The van der Waals surface area contributed by atoms with Crippen LogP contribution in [0.2, 0.25) is 0 Å². The molecule has 0 radical (unpaired) electrons. The molecule has 7 nitrogen and oxygen atoms in total. The minimum absolute atomic E-state index is 0.134.